The lowest BCUT2D eigenvalue weighted by atomic mass is 10.3. The van der Waals surface area contributed by atoms with Gasteiger partial charge < -0.3 is 5.32 Å². The molecule has 3 nitrogen and oxygen atoms in total. The fourth-order valence-electron chi connectivity index (χ4n) is 1.56. The van der Waals surface area contributed by atoms with Crippen LogP contribution in [-0.2, 0) is 6.54 Å². The predicted molar refractivity (Wildman–Crippen MR) is 65.4 cm³/mol. The Balaban J connectivity index is 2.56. The molecule has 1 aromatic rings. The Morgan fingerprint density at radius 1 is 1.33 bits per heavy atom. The molecule has 1 aromatic heterocycles. The summed E-state index contributed by atoms with van der Waals surface area (Å²) in [7, 11) is 1.43. The van der Waals surface area contributed by atoms with E-state index in [0.29, 0.717) is 11.5 Å². The summed E-state index contributed by atoms with van der Waals surface area (Å²) in [5.74, 6) is 0.703. The lowest BCUT2D eigenvalue weighted by Crippen LogP contribution is -2.30. The summed E-state index contributed by atoms with van der Waals surface area (Å²) in [6.45, 7) is 2.09. The van der Waals surface area contributed by atoms with E-state index in [2.05, 4.69) is 10.3 Å². The van der Waals surface area contributed by atoms with Gasteiger partial charge in [0, 0.05) is 13.1 Å². The molecule has 1 N–H and O–H groups in total. The van der Waals surface area contributed by atoms with Crippen LogP contribution in [0.2, 0.25) is 0 Å². The molecule has 0 spiro atoms. The number of hydrogen-bond donors (Lipinski definition) is 1. The van der Waals surface area contributed by atoms with Crippen LogP contribution >= 0.6 is 0 Å². The van der Waals surface area contributed by atoms with E-state index < -0.39 is 12.7 Å². The standard InChI is InChI=1S/C12H18F3N3/c1-3-7-16-11-6-4-5-10(17-11)8-18(2)9-12(13,14)15/h4-6H,3,7-9H2,1-2H3,(H,16,17). The summed E-state index contributed by atoms with van der Waals surface area (Å²) in [5, 5.41) is 3.10. The van der Waals surface area contributed by atoms with Crippen LogP contribution in [0.5, 0.6) is 0 Å². The maximum Gasteiger partial charge on any atom is 0.401 e. The van der Waals surface area contributed by atoms with Crippen molar-refractivity contribution in [2.75, 3.05) is 25.5 Å². The van der Waals surface area contributed by atoms with Gasteiger partial charge in [0.2, 0.25) is 0 Å². The summed E-state index contributed by atoms with van der Waals surface area (Å²) in [6.07, 6.45) is -3.20. The molecule has 0 unspecified atom stereocenters. The van der Waals surface area contributed by atoms with Gasteiger partial charge >= 0.3 is 6.18 Å². The van der Waals surface area contributed by atoms with E-state index >= 15 is 0 Å². The molecule has 0 fully saturated rings. The molecule has 0 aliphatic carbocycles. The van der Waals surface area contributed by atoms with Crippen LogP contribution in [0, 0.1) is 0 Å². The first kappa shape index (κ1) is 14.8. The highest BCUT2D eigenvalue weighted by Gasteiger charge is 2.29. The van der Waals surface area contributed by atoms with E-state index in [1.165, 1.54) is 11.9 Å². The van der Waals surface area contributed by atoms with Gasteiger partial charge in [-0.1, -0.05) is 13.0 Å². The lowest BCUT2D eigenvalue weighted by molar-refractivity contribution is -0.144. The number of nitrogens with one attached hydrogen (secondary N) is 1. The molecule has 0 aliphatic heterocycles. The molecule has 0 bridgehead atoms. The molecule has 0 aliphatic rings. The summed E-state index contributed by atoms with van der Waals surface area (Å²) in [4.78, 5) is 5.46. The first-order valence-electron chi connectivity index (χ1n) is 5.86. The molecule has 0 atom stereocenters. The smallest absolute Gasteiger partial charge is 0.370 e. The molecule has 18 heavy (non-hydrogen) atoms. The topological polar surface area (TPSA) is 28.2 Å². The highest BCUT2D eigenvalue weighted by atomic mass is 19.4. The Morgan fingerprint density at radius 2 is 2.06 bits per heavy atom. The molecule has 0 radical (unpaired) electrons. The number of pyridine rings is 1. The van der Waals surface area contributed by atoms with Crippen LogP contribution < -0.4 is 5.32 Å². The largest absolute Gasteiger partial charge is 0.401 e. The zero-order valence-electron chi connectivity index (χ0n) is 10.6. The first-order valence-corrected chi connectivity index (χ1v) is 5.86. The number of alkyl halides is 3. The van der Waals surface area contributed by atoms with Crippen LogP contribution in [0.25, 0.3) is 0 Å². The van der Waals surface area contributed by atoms with E-state index in [9.17, 15) is 13.2 Å². The third-order valence-corrected chi connectivity index (χ3v) is 2.24. The minimum Gasteiger partial charge on any atom is -0.370 e. The summed E-state index contributed by atoms with van der Waals surface area (Å²) < 4.78 is 36.5. The van der Waals surface area contributed by atoms with Crippen molar-refractivity contribution in [3.63, 3.8) is 0 Å². The minimum absolute atomic E-state index is 0.182. The van der Waals surface area contributed by atoms with Gasteiger partial charge in [-0.05, 0) is 25.6 Å². The second-order valence-electron chi connectivity index (χ2n) is 4.23. The number of anilines is 1. The van der Waals surface area contributed by atoms with Crippen molar-refractivity contribution in [2.24, 2.45) is 0 Å². The van der Waals surface area contributed by atoms with Gasteiger partial charge in [0.05, 0.1) is 12.2 Å². The van der Waals surface area contributed by atoms with Crippen LogP contribution in [0.4, 0.5) is 19.0 Å². The molecule has 6 heteroatoms. The number of nitrogens with zero attached hydrogens (tertiary/aromatic N) is 2. The molecular weight excluding hydrogens is 243 g/mol. The highest BCUT2D eigenvalue weighted by Crippen LogP contribution is 2.16. The fourth-order valence-corrected chi connectivity index (χ4v) is 1.56. The predicted octanol–water partition coefficient (Wildman–Crippen LogP) is 2.90. The van der Waals surface area contributed by atoms with Gasteiger partial charge in [-0.3, -0.25) is 4.90 Å². The number of hydrogen-bond acceptors (Lipinski definition) is 3. The van der Waals surface area contributed by atoms with E-state index in [0.717, 1.165) is 13.0 Å². The van der Waals surface area contributed by atoms with Crippen molar-refractivity contribution in [2.45, 2.75) is 26.1 Å². The summed E-state index contributed by atoms with van der Waals surface area (Å²) in [5.41, 5.74) is 0.628. The molecule has 0 saturated carbocycles. The van der Waals surface area contributed by atoms with Gasteiger partial charge in [0.1, 0.15) is 5.82 Å². The fraction of sp³-hybridized carbons (Fsp3) is 0.583. The minimum atomic E-state index is -4.17. The van der Waals surface area contributed by atoms with Crippen LogP contribution in [-0.4, -0.2) is 36.2 Å². The van der Waals surface area contributed by atoms with Crippen LogP contribution in [0.1, 0.15) is 19.0 Å². The van der Waals surface area contributed by atoms with Crippen LogP contribution in [0.15, 0.2) is 18.2 Å². The maximum atomic E-state index is 12.2. The molecule has 0 aromatic carbocycles. The zero-order valence-corrected chi connectivity index (χ0v) is 10.6. The van der Waals surface area contributed by atoms with Crippen molar-refractivity contribution in [3.8, 4) is 0 Å². The van der Waals surface area contributed by atoms with E-state index in [4.69, 9.17) is 0 Å². The highest BCUT2D eigenvalue weighted by molar-refractivity contribution is 5.35. The van der Waals surface area contributed by atoms with Gasteiger partial charge in [-0.2, -0.15) is 13.2 Å². The Labute approximate surface area is 105 Å². The molecule has 0 amide bonds. The van der Waals surface area contributed by atoms with E-state index in [1.54, 1.807) is 12.1 Å². The summed E-state index contributed by atoms with van der Waals surface area (Å²) >= 11 is 0. The normalized spacial score (nSPS) is 11.9. The number of aromatic nitrogens is 1. The quantitative estimate of drug-likeness (QED) is 0.853. The van der Waals surface area contributed by atoms with Gasteiger partial charge in [-0.15, -0.1) is 0 Å². The number of rotatable bonds is 6. The Kier molecular flexibility index (Phi) is 5.40. The van der Waals surface area contributed by atoms with Crippen LogP contribution in [0.3, 0.4) is 0 Å². The molecule has 1 rings (SSSR count). The lowest BCUT2D eigenvalue weighted by Gasteiger charge is -2.18. The maximum absolute atomic E-state index is 12.2. The molecule has 1 heterocycles. The second kappa shape index (κ2) is 6.58. The Morgan fingerprint density at radius 3 is 2.67 bits per heavy atom. The average molecular weight is 261 g/mol. The van der Waals surface area contributed by atoms with Gasteiger partial charge in [-0.25, -0.2) is 4.98 Å². The van der Waals surface area contributed by atoms with Gasteiger partial charge in [0.25, 0.3) is 0 Å². The molecular formula is C12H18F3N3. The van der Waals surface area contributed by atoms with Gasteiger partial charge in [0.15, 0.2) is 0 Å². The zero-order chi connectivity index (χ0) is 13.6. The Bertz CT molecular complexity index is 366. The molecule has 102 valence electrons. The van der Waals surface area contributed by atoms with Crippen molar-refractivity contribution in [3.05, 3.63) is 23.9 Å². The van der Waals surface area contributed by atoms with E-state index in [-0.39, 0.29) is 6.54 Å². The van der Waals surface area contributed by atoms with Crippen molar-refractivity contribution < 1.29 is 13.2 Å². The molecule has 0 saturated heterocycles. The average Bonchev–Trinajstić information content (AvgIpc) is 2.24. The van der Waals surface area contributed by atoms with Crippen molar-refractivity contribution >= 4 is 5.82 Å². The Hall–Kier alpha value is -1.30. The first-order chi connectivity index (χ1) is 8.40. The van der Waals surface area contributed by atoms with E-state index in [1.807, 2.05) is 13.0 Å². The summed E-state index contributed by atoms with van der Waals surface area (Å²) in [6, 6.07) is 5.33. The SMILES string of the molecule is CCCNc1cccc(CN(C)CC(F)(F)F)n1. The van der Waals surface area contributed by atoms with Crippen molar-refractivity contribution in [1.29, 1.82) is 0 Å². The number of halogens is 3. The van der Waals surface area contributed by atoms with Crippen molar-refractivity contribution in [1.82, 2.24) is 9.88 Å². The second-order valence-corrected chi connectivity index (χ2v) is 4.23. The third-order valence-electron chi connectivity index (χ3n) is 2.24. The monoisotopic (exact) mass is 261 g/mol. The third kappa shape index (κ3) is 5.86.